The molecule has 2 aromatic rings. The minimum absolute atomic E-state index is 0.694. The second-order valence-electron chi connectivity index (χ2n) is 4.47. The molecule has 0 bridgehead atoms. The summed E-state index contributed by atoms with van der Waals surface area (Å²) < 4.78 is 7.78. The predicted molar refractivity (Wildman–Crippen MR) is 84.6 cm³/mol. The maximum Gasteiger partial charge on any atom is 0.0802 e. The van der Waals surface area contributed by atoms with Gasteiger partial charge in [-0.1, -0.05) is 11.6 Å². The fourth-order valence-corrected chi connectivity index (χ4v) is 2.59. The van der Waals surface area contributed by atoms with Gasteiger partial charge in [-0.05, 0) is 46.6 Å². The maximum absolute atomic E-state index is 6.17. The highest BCUT2D eigenvalue weighted by Gasteiger charge is 2.08. The predicted octanol–water partition coefficient (Wildman–Crippen LogP) is 3.33. The van der Waals surface area contributed by atoms with Gasteiger partial charge < -0.3 is 10.1 Å². The van der Waals surface area contributed by atoms with Gasteiger partial charge in [0, 0.05) is 35.9 Å². The lowest BCUT2D eigenvalue weighted by Gasteiger charge is -2.07. The summed E-state index contributed by atoms with van der Waals surface area (Å²) >= 11 is 9.72. The van der Waals surface area contributed by atoms with Crippen LogP contribution in [0.15, 0.2) is 28.9 Å². The van der Waals surface area contributed by atoms with Crippen molar-refractivity contribution in [2.75, 3.05) is 20.3 Å². The second kappa shape index (κ2) is 7.22. The minimum atomic E-state index is 0.694. The number of hydrogen-bond donors (Lipinski definition) is 1. The van der Waals surface area contributed by atoms with Crippen LogP contribution in [0.5, 0.6) is 0 Å². The normalized spacial score (nSPS) is 11.0. The average Bonchev–Trinajstić information content (AvgIpc) is 2.87. The van der Waals surface area contributed by atoms with Gasteiger partial charge in [0.2, 0.25) is 0 Å². The summed E-state index contributed by atoms with van der Waals surface area (Å²) in [6, 6.07) is 5.89. The van der Waals surface area contributed by atoms with E-state index >= 15 is 0 Å². The molecule has 0 aliphatic rings. The molecule has 0 saturated carbocycles. The second-order valence-corrected chi connectivity index (χ2v) is 5.74. The van der Waals surface area contributed by atoms with Gasteiger partial charge in [-0.25, -0.2) is 4.68 Å². The molecule has 20 heavy (non-hydrogen) atoms. The molecule has 1 heterocycles. The van der Waals surface area contributed by atoms with Crippen molar-refractivity contribution in [2.45, 2.75) is 13.5 Å². The molecule has 0 saturated heterocycles. The first-order chi connectivity index (χ1) is 9.61. The first kappa shape index (κ1) is 15.5. The molecule has 0 amide bonds. The lowest BCUT2D eigenvalue weighted by Crippen LogP contribution is -2.18. The van der Waals surface area contributed by atoms with Crippen molar-refractivity contribution < 1.29 is 4.74 Å². The first-order valence-electron chi connectivity index (χ1n) is 6.32. The third kappa shape index (κ3) is 3.82. The van der Waals surface area contributed by atoms with Crippen LogP contribution < -0.4 is 5.32 Å². The number of rotatable bonds is 6. The first-order valence-corrected chi connectivity index (χ1v) is 7.49. The van der Waals surface area contributed by atoms with Gasteiger partial charge in [-0.3, -0.25) is 0 Å². The number of methoxy groups -OCH3 is 1. The number of aryl methyl sites for hydroxylation is 1. The van der Waals surface area contributed by atoms with Crippen molar-refractivity contribution in [3.05, 3.63) is 45.1 Å². The Kier molecular flexibility index (Phi) is 5.60. The van der Waals surface area contributed by atoms with Gasteiger partial charge in [-0.15, -0.1) is 0 Å². The number of halogens is 2. The number of ether oxygens (including phenoxy) is 1. The summed E-state index contributed by atoms with van der Waals surface area (Å²) in [5, 5.41) is 8.53. The van der Waals surface area contributed by atoms with Crippen molar-refractivity contribution in [3.63, 3.8) is 0 Å². The van der Waals surface area contributed by atoms with Crippen LogP contribution in [0.25, 0.3) is 5.69 Å². The minimum Gasteiger partial charge on any atom is -0.383 e. The van der Waals surface area contributed by atoms with Gasteiger partial charge >= 0.3 is 0 Å². The number of aromatic nitrogens is 2. The third-order valence-electron chi connectivity index (χ3n) is 2.91. The molecule has 1 N–H and O–H groups in total. The van der Waals surface area contributed by atoms with Gasteiger partial charge in [0.1, 0.15) is 0 Å². The van der Waals surface area contributed by atoms with E-state index in [1.807, 2.05) is 36.0 Å². The zero-order valence-electron chi connectivity index (χ0n) is 11.5. The molecule has 0 fully saturated rings. The highest BCUT2D eigenvalue weighted by molar-refractivity contribution is 9.10. The molecule has 0 aliphatic carbocycles. The Morgan fingerprint density at radius 3 is 3.00 bits per heavy atom. The zero-order valence-corrected chi connectivity index (χ0v) is 13.8. The van der Waals surface area contributed by atoms with E-state index in [2.05, 4.69) is 26.3 Å². The van der Waals surface area contributed by atoms with Crippen molar-refractivity contribution >= 4 is 27.5 Å². The van der Waals surface area contributed by atoms with Crippen molar-refractivity contribution in [2.24, 2.45) is 0 Å². The average molecular weight is 359 g/mol. The Hall–Kier alpha value is -0.880. The van der Waals surface area contributed by atoms with E-state index in [0.29, 0.717) is 13.2 Å². The van der Waals surface area contributed by atoms with Crippen LogP contribution in [0.4, 0.5) is 0 Å². The SMILES string of the molecule is COCCNCc1ccn(-c2cc(Cl)c(C)cc2Br)n1. The van der Waals surface area contributed by atoms with Crippen LogP contribution in [0, 0.1) is 6.92 Å². The number of hydrogen-bond acceptors (Lipinski definition) is 3. The van der Waals surface area contributed by atoms with E-state index in [9.17, 15) is 0 Å². The molecule has 4 nitrogen and oxygen atoms in total. The summed E-state index contributed by atoms with van der Waals surface area (Å²) in [7, 11) is 1.69. The largest absolute Gasteiger partial charge is 0.383 e. The van der Waals surface area contributed by atoms with Gasteiger partial charge in [0.15, 0.2) is 0 Å². The van der Waals surface area contributed by atoms with E-state index in [-0.39, 0.29) is 0 Å². The van der Waals surface area contributed by atoms with Crippen LogP contribution >= 0.6 is 27.5 Å². The lowest BCUT2D eigenvalue weighted by molar-refractivity contribution is 0.199. The fourth-order valence-electron chi connectivity index (χ4n) is 1.79. The van der Waals surface area contributed by atoms with Gasteiger partial charge in [0.25, 0.3) is 0 Å². The molecule has 0 aliphatic heterocycles. The standard InChI is InChI=1S/C14H17BrClN3O/c1-10-7-12(15)14(8-13(10)16)19-5-3-11(18-19)9-17-4-6-20-2/h3,5,7-8,17H,4,6,9H2,1-2H3. The van der Waals surface area contributed by atoms with Crippen LogP contribution in [0.1, 0.15) is 11.3 Å². The smallest absolute Gasteiger partial charge is 0.0802 e. The van der Waals surface area contributed by atoms with Gasteiger partial charge in [0.05, 0.1) is 18.0 Å². The van der Waals surface area contributed by atoms with Crippen molar-refractivity contribution in [1.82, 2.24) is 15.1 Å². The molecule has 108 valence electrons. The number of nitrogens with one attached hydrogen (secondary N) is 1. The maximum atomic E-state index is 6.17. The quantitative estimate of drug-likeness (QED) is 0.805. The summed E-state index contributed by atoms with van der Waals surface area (Å²) in [5.74, 6) is 0. The molecular formula is C14H17BrClN3O. The molecule has 1 aromatic heterocycles. The summed E-state index contributed by atoms with van der Waals surface area (Å²) in [6.45, 7) is 4.20. The molecule has 2 rings (SSSR count). The fraction of sp³-hybridized carbons (Fsp3) is 0.357. The van der Waals surface area contributed by atoms with E-state index in [1.54, 1.807) is 7.11 Å². The lowest BCUT2D eigenvalue weighted by atomic mass is 10.2. The molecule has 1 aromatic carbocycles. The summed E-state index contributed by atoms with van der Waals surface area (Å²) in [5.41, 5.74) is 2.95. The van der Waals surface area contributed by atoms with Crippen LogP contribution in [0.3, 0.4) is 0 Å². The monoisotopic (exact) mass is 357 g/mol. The Labute approximate surface area is 132 Å². The molecule has 0 spiro atoms. The number of nitrogens with zero attached hydrogens (tertiary/aromatic N) is 2. The topological polar surface area (TPSA) is 39.1 Å². The van der Waals surface area contributed by atoms with Gasteiger partial charge in [-0.2, -0.15) is 5.10 Å². The zero-order chi connectivity index (χ0) is 14.5. The Bertz CT molecular complexity index is 586. The Morgan fingerprint density at radius 1 is 1.45 bits per heavy atom. The van der Waals surface area contributed by atoms with E-state index < -0.39 is 0 Å². The van der Waals surface area contributed by atoms with Crippen molar-refractivity contribution in [3.8, 4) is 5.69 Å². The van der Waals surface area contributed by atoms with E-state index in [1.165, 1.54) is 0 Å². The molecule has 0 atom stereocenters. The molecular weight excluding hydrogens is 342 g/mol. The van der Waals surface area contributed by atoms with E-state index in [0.717, 1.165) is 33.0 Å². The molecule has 0 unspecified atom stereocenters. The highest BCUT2D eigenvalue weighted by atomic mass is 79.9. The Morgan fingerprint density at radius 2 is 2.25 bits per heavy atom. The van der Waals surface area contributed by atoms with Crippen molar-refractivity contribution in [1.29, 1.82) is 0 Å². The van der Waals surface area contributed by atoms with E-state index in [4.69, 9.17) is 16.3 Å². The number of benzene rings is 1. The van der Waals surface area contributed by atoms with Crippen LogP contribution in [-0.2, 0) is 11.3 Å². The highest BCUT2D eigenvalue weighted by Crippen LogP contribution is 2.27. The molecule has 6 heteroatoms. The summed E-state index contributed by atoms with van der Waals surface area (Å²) in [6.07, 6.45) is 1.93. The Balaban J connectivity index is 2.10. The third-order valence-corrected chi connectivity index (χ3v) is 3.95. The van der Waals surface area contributed by atoms with Crippen LogP contribution in [0.2, 0.25) is 5.02 Å². The van der Waals surface area contributed by atoms with Crippen LogP contribution in [-0.4, -0.2) is 30.0 Å². The summed E-state index contributed by atoms with van der Waals surface area (Å²) in [4.78, 5) is 0. The molecule has 0 radical (unpaired) electrons.